The smallest absolute Gasteiger partial charge is 0.267 e. The topological polar surface area (TPSA) is 62.0 Å². The Morgan fingerprint density at radius 1 is 1.47 bits per heavy atom. The molecule has 1 heterocycles. The summed E-state index contributed by atoms with van der Waals surface area (Å²) in [6, 6.07) is 1.81. The van der Waals surface area contributed by atoms with Crippen LogP contribution in [0.4, 0.5) is 0 Å². The van der Waals surface area contributed by atoms with Gasteiger partial charge >= 0.3 is 0 Å². The SMILES string of the molecule is CC(NC(=O)c1cc(C=O)c[nH]1)C1CC2CCC1C2. The standard InChI is InChI=1S/C15H20N2O2/c1-9(13-5-10-2-3-12(13)4-10)17-15(19)14-6-11(8-18)7-16-14/h6-10,12-13,16H,2-5H2,1H3,(H,17,19). The first kappa shape index (κ1) is 12.5. The monoisotopic (exact) mass is 260 g/mol. The largest absolute Gasteiger partial charge is 0.357 e. The van der Waals surface area contributed by atoms with E-state index < -0.39 is 0 Å². The molecule has 2 N–H and O–H groups in total. The lowest BCUT2D eigenvalue weighted by Gasteiger charge is -2.28. The van der Waals surface area contributed by atoms with Crippen molar-refractivity contribution >= 4 is 12.2 Å². The number of H-pyrrole nitrogens is 1. The van der Waals surface area contributed by atoms with Crippen molar-refractivity contribution in [1.82, 2.24) is 10.3 Å². The van der Waals surface area contributed by atoms with E-state index in [4.69, 9.17) is 0 Å². The molecular weight excluding hydrogens is 240 g/mol. The Morgan fingerprint density at radius 2 is 2.32 bits per heavy atom. The van der Waals surface area contributed by atoms with Crippen LogP contribution in [0.15, 0.2) is 12.3 Å². The van der Waals surface area contributed by atoms with Crippen LogP contribution in [-0.2, 0) is 0 Å². The van der Waals surface area contributed by atoms with Gasteiger partial charge in [0.2, 0.25) is 0 Å². The number of aromatic amines is 1. The van der Waals surface area contributed by atoms with Gasteiger partial charge in [0.15, 0.2) is 6.29 Å². The van der Waals surface area contributed by atoms with Gasteiger partial charge in [-0.3, -0.25) is 9.59 Å². The van der Waals surface area contributed by atoms with E-state index in [2.05, 4.69) is 17.2 Å². The highest BCUT2D eigenvalue weighted by Gasteiger charge is 2.42. The number of rotatable bonds is 4. The fraction of sp³-hybridized carbons (Fsp3) is 0.600. The molecule has 2 bridgehead atoms. The average molecular weight is 260 g/mol. The van der Waals surface area contributed by atoms with Gasteiger partial charge in [0, 0.05) is 17.8 Å². The third-order valence-corrected chi connectivity index (χ3v) is 4.88. The molecule has 4 atom stereocenters. The summed E-state index contributed by atoms with van der Waals surface area (Å²) in [6.07, 6.45) is 7.62. The van der Waals surface area contributed by atoms with Crippen molar-refractivity contribution < 1.29 is 9.59 Å². The zero-order chi connectivity index (χ0) is 13.4. The molecule has 1 amide bonds. The van der Waals surface area contributed by atoms with Gasteiger partial charge in [0.1, 0.15) is 5.69 Å². The predicted molar refractivity (Wildman–Crippen MR) is 72.0 cm³/mol. The Bertz CT molecular complexity index is 494. The van der Waals surface area contributed by atoms with Crippen LogP contribution in [0.3, 0.4) is 0 Å². The van der Waals surface area contributed by atoms with E-state index in [1.807, 2.05) is 0 Å². The van der Waals surface area contributed by atoms with Crippen LogP contribution in [0, 0.1) is 17.8 Å². The van der Waals surface area contributed by atoms with Crippen molar-refractivity contribution in [2.45, 2.75) is 38.6 Å². The number of hydrogen-bond acceptors (Lipinski definition) is 2. The number of nitrogens with one attached hydrogen (secondary N) is 2. The second-order valence-corrected chi connectivity index (χ2v) is 6.07. The molecule has 0 radical (unpaired) electrons. The summed E-state index contributed by atoms with van der Waals surface area (Å²) in [5.74, 6) is 2.21. The second kappa shape index (κ2) is 4.83. The van der Waals surface area contributed by atoms with Crippen molar-refractivity contribution in [3.05, 3.63) is 23.5 Å². The highest BCUT2D eigenvalue weighted by molar-refractivity contribution is 5.94. The third-order valence-electron chi connectivity index (χ3n) is 4.88. The van der Waals surface area contributed by atoms with Crippen LogP contribution < -0.4 is 5.32 Å². The van der Waals surface area contributed by atoms with Gasteiger partial charge in [0.05, 0.1) is 0 Å². The molecule has 3 rings (SSSR count). The zero-order valence-corrected chi connectivity index (χ0v) is 11.2. The number of carbonyl (C=O) groups excluding carboxylic acids is 2. The normalized spacial score (nSPS) is 30.3. The Kier molecular flexibility index (Phi) is 3.17. The van der Waals surface area contributed by atoms with Crippen LogP contribution >= 0.6 is 0 Å². The molecule has 4 nitrogen and oxygen atoms in total. The highest BCUT2D eigenvalue weighted by Crippen LogP contribution is 2.49. The summed E-state index contributed by atoms with van der Waals surface area (Å²) in [7, 11) is 0. The molecule has 0 aromatic carbocycles. The Balaban J connectivity index is 1.61. The Hall–Kier alpha value is -1.58. The van der Waals surface area contributed by atoms with Gasteiger partial charge in [-0.15, -0.1) is 0 Å². The van der Waals surface area contributed by atoms with E-state index in [1.54, 1.807) is 12.3 Å². The van der Waals surface area contributed by atoms with E-state index >= 15 is 0 Å². The zero-order valence-electron chi connectivity index (χ0n) is 11.2. The number of hydrogen-bond donors (Lipinski definition) is 2. The van der Waals surface area contributed by atoms with Gasteiger partial charge < -0.3 is 10.3 Å². The van der Waals surface area contributed by atoms with Crippen molar-refractivity contribution in [2.75, 3.05) is 0 Å². The van der Waals surface area contributed by atoms with E-state index in [0.29, 0.717) is 17.2 Å². The van der Waals surface area contributed by atoms with Gasteiger partial charge in [-0.05, 0) is 50.0 Å². The minimum absolute atomic E-state index is 0.108. The van der Waals surface area contributed by atoms with E-state index in [1.165, 1.54) is 25.7 Å². The summed E-state index contributed by atoms with van der Waals surface area (Å²) in [4.78, 5) is 25.5. The first-order valence-corrected chi connectivity index (χ1v) is 7.12. The molecule has 4 unspecified atom stereocenters. The predicted octanol–water partition coefficient (Wildman–Crippen LogP) is 2.38. The maximum absolute atomic E-state index is 12.1. The molecule has 2 aliphatic rings. The number of fused-ring (bicyclic) bond motifs is 2. The number of aromatic nitrogens is 1. The highest BCUT2D eigenvalue weighted by atomic mass is 16.2. The fourth-order valence-corrected chi connectivity index (χ4v) is 3.91. The molecule has 0 spiro atoms. The lowest BCUT2D eigenvalue weighted by atomic mass is 9.84. The summed E-state index contributed by atoms with van der Waals surface area (Å²) in [5.41, 5.74) is 0.981. The first-order chi connectivity index (χ1) is 9.17. The number of aldehydes is 1. The second-order valence-electron chi connectivity index (χ2n) is 6.07. The van der Waals surface area contributed by atoms with Gasteiger partial charge in [-0.1, -0.05) is 6.42 Å². The number of amides is 1. The molecule has 1 aromatic heterocycles. The summed E-state index contributed by atoms with van der Waals surface area (Å²) < 4.78 is 0. The van der Waals surface area contributed by atoms with Crippen LogP contribution in [0.2, 0.25) is 0 Å². The van der Waals surface area contributed by atoms with Crippen LogP contribution in [0.5, 0.6) is 0 Å². The van der Waals surface area contributed by atoms with Crippen LogP contribution in [0.1, 0.15) is 53.5 Å². The molecule has 19 heavy (non-hydrogen) atoms. The van der Waals surface area contributed by atoms with Crippen molar-refractivity contribution in [3.63, 3.8) is 0 Å². The van der Waals surface area contributed by atoms with Gasteiger partial charge in [0.25, 0.3) is 5.91 Å². The van der Waals surface area contributed by atoms with E-state index in [0.717, 1.165) is 18.1 Å². The Morgan fingerprint density at radius 3 is 2.89 bits per heavy atom. The molecular formula is C15H20N2O2. The summed E-state index contributed by atoms with van der Waals surface area (Å²) in [6.45, 7) is 2.10. The molecule has 1 aromatic rings. The maximum Gasteiger partial charge on any atom is 0.267 e. The van der Waals surface area contributed by atoms with E-state index in [9.17, 15) is 9.59 Å². The molecule has 2 saturated carbocycles. The quantitative estimate of drug-likeness (QED) is 0.816. The van der Waals surface area contributed by atoms with E-state index in [-0.39, 0.29) is 11.9 Å². The summed E-state index contributed by atoms with van der Waals surface area (Å²) in [5, 5.41) is 3.07. The molecule has 102 valence electrons. The van der Waals surface area contributed by atoms with Gasteiger partial charge in [-0.2, -0.15) is 0 Å². The first-order valence-electron chi connectivity index (χ1n) is 7.12. The molecule has 2 fully saturated rings. The summed E-state index contributed by atoms with van der Waals surface area (Å²) >= 11 is 0. The minimum atomic E-state index is -0.108. The minimum Gasteiger partial charge on any atom is -0.357 e. The van der Waals surface area contributed by atoms with Gasteiger partial charge in [-0.25, -0.2) is 0 Å². The third kappa shape index (κ3) is 2.31. The lowest BCUT2D eigenvalue weighted by Crippen LogP contribution is -2.40. The van der Waals surface area contributed by atoms with Crippen molar-refractivity contribution in [2.24, 2.45) is 17.8 Å². The average Bonchev–Trinajstić information content (AvgIpc) is 3.13. The van der Waals surface area contributed by atoms with Crippen LogP contribution in [0.25, 0.3) is 0 Å². The maximum atomic E-state index is 12.1. The molecule has 2 aliphatic carbocycles. The number of carbonyl (C=O) groups is 2. The lowest BCUT2D eigenvalue weighted by molar-refractivity contribution is 0.0911. The fourth-order valence-electron chi connectivity index (χ4n) is 3.91. The van der Waals surface area contributed by atoms with Crippen molar-refractivity contribution in [1.29, 1.82) is 0 Å². The van der Waals surface area contributed by atoms with Crippen LogP contribution in [-0.4, -0.2) is 23.2 Å². The Labute approximate surface area is 113 Å². The molecule has 0 saturated heterocycles. The molecule has 0 aliphatic heterocycles. The van der Waals surface area contributed by atoms with Crippen molar-refractivity contribution in [3.8, 4) is 0 Å². The molecule has 4 heteroatoms.